The van der Waals surface area contributed by atoms with Gasteiger partial charge < -0.3 is 5.11 Å². The van der Waals surface area contributed by atoms with Crippen LogP contribution in [0.3, 0.4) is 0 Å². The summed E-state index contributed by atoms with van der Waals surface area (Å²) >= 11 is 0. The van der Waals surface area contributed by atoms with Gasteiger partial charge >= 0.3 is 5.97 Å². The van der Waals surface area contributed by atoms with Crippen molar-refractivity contribution in [3.8, 4) is 0 Å². The molecule has 0 bridgehead atoms. The molecule has 0 aliphatic rings. The molecule has 0 radical (unpaired) electrons. The number of carboxylic acid groups (broad SMARTS) is 1. The minimum absolute atomic E-state index is 0.186. The molecular formula is C14H11NO3. The first-order valence-electron chi connectivity index (χ1n) is 5.49. The molecule has 4 nitrogen and oxygen atoms in total. The van der Waals surface area contributed by atoms with Crippen LogP contribution in [0.4, 0.5) is 0 Å². The number of benzene rings is 2. The quantitative estimate of drug-likeness (QED) is 0.659. The Balaban J connectivity index is 2.42. The SMILES string of the molecule is O=C=N[C@@H](Cc1cccc2ccccc12)C(=O)O. The lowest BCUT2D eigenvalue weighted by atomic mass is 9.99. The molecule has 4 heteroatoms. The average molecular weight is 241 g/mol. The van der Waals surface area contributed by atoms with Crippen LogP contribution in [0.1, 0.15) is 5.56 Å². The maximum atomic E-state index is 11.0. The van der Waals surface area contributed by atoms with Gasteiger partial charge in [0.05, 0.1) is 0 Å². The molecule has 1 atom stereocenters. The second-order valence-electron chi connectivity index (χ2n) is 3.92. The van der Waals surface area contributed by atoms with Crippen LogP contribution in [0.15, 0.2) is 47.5 Å². The third kappa shape index (κ3) is 2.44. The van der Waals surface area contributed by atoms with Crippen LogP contribution >= 0.6 is 0 Å². The van der Waals surface area contributed by atoms with E-state index in [-0.39, 0.29) is 6.42 Å². The summed E-state index contributed by atoms with van der Waals surface area (Å²) in [4.78, 5) is 24.5. The monoisotopic (exact) mass is 241 g/mol. The molecule has 0 aliphatic heterocycles. The van der Waals surface area contributed by atoms with E-state index in [4.69, 9.17) is 5.11 Å². The van der Waals surface area contributed by atoms with E-state index in [0.29, 0.717) is 0 Å². The summed E-state index contributed by atoms with van der Waals surface area (Å²) in [6.45, 7) is 0. The molecule has 0 aromatic heterocycles. The Bertz CT molecular complexity index is 622. The highest BCUT2D eigenvalue weighted by Crippen LogP contribution is 2.20. The highest BCUT2D eigenvalue weighted by atomic mass is 16.4. The molecule has 0 aliphatic carbocycles. The Hall–Kier alpha value is -2.45. The summed E-state index contributed by atoms with van der Waals surface area (Å²) in [5.74, 6) is -1.12. The molecule has 2 aromatic rings. The molecule has 0 saturated heterocycles. The molecule has 1 N–H and O–H groups in total. The van der Waals surface area contributed by atoms with E-state index in [1.54, 1.807) is 0 Å². The smallest absolute Gasteiger partial charge is 0.329 e. The van der Waals surface area contributed by atoms with Gasteiger partial charge in [-0.05, 0) is 16.3 Å². The summed E-state index contributed by atoms with van der Waals surface area (Å²) in [6, 6.07) is 12.3. The second kappa shape index (κ2) is 5.25. The molecule has 2 rings (SSSR count). The largest absolute Gasteiger partial charge is 0.480 e. The van der Waals surface area contributed by atoms with Crippen LogP contribution < -0.4 is 0 Å². The maximum absolute atomic E-state index is 11.0. The number of rotatable bonds is 4. The fraction of sp³-hybridized carbons (Fsp3) is 0.143. The van der Waals surface area contributed by atoms with E-state index in [9.17, 15) is 9.59 Å². The van der Waals surface area contributed by atoms with Gasteiger partial charge in [0.1, 0.15) is 0 Å². The normalized spacial score (nSPS) is 11.8. The van der Waals surface area contributed by atoms with Gasteiger partial charge in [-0.25, -0.2) is 9.59 Å². The summed E-state index contributed by atoms with van der Waals surface area (Å²) < 4.78 is 0. The lowest BCUT2D eigenvalue weighted by molar-refractivity contribution is -0.138. The topological polar surface area (TPSA) is 66.7 Å². The lowest BCUT2D eigenvalue weighted by Crippen LogP contribution is -2.20. The zero-order chi connectivity index (χ0) is 13.0. The van der Waals surface area contributed by atoms with Crippen LogP contribution in [0.5, 0.6) is 0 Å². The first-order valence-corrected chi connectivity index (χ1v) is 5.49. The Morgan fingerprint density at radius 2 is 1.94 bits per heavy atom. The van der Waals surface area contributed by atoms with Crippen molar-refractivity contribution < 1.29 is 14.7 Å². The number of carbonyl (C=O) groups excluding carboxylic acids is 1. The van der Waals surface area contributed by atoms with Gasteiger partial charge in [-0.1, -0.05) is 42.5 Å². The number of isocyanates is 1. The molecule has 0 spiro atoms. The first-order chi connectivity index (χ1) is 8.72. The number of nitrogens with zero attached hydrogens (tertiary/aromatic N) is 1. The number of aliphatic imine (C=N–C) groups is 1. The Labute approximate surface area is 104 Å². The van der Waals surface area contributed by atoms with Crippen molar-refractivity contribution in [2.45, 2.75) is 12.5 Å². The maximum Gasteiger partial charge on any atom is 0.329 e. The van der Waals surface area contributed by atoms with E-state index >= 15 is 0 Å². The van der Waals surface area contributed by atoms with E-state index < -0.39 is 12.0 Å². The third-order valence-corrected chi connectivity index (χ3v) is 2.79. The van der Waals surface area contributed by atoms with Crippen LogP contribution in [-0.4, -0.2) is 23.2 Å². The average Bonchev–Trinajstić information content (AvgIpc) is 2.38. The van der Waals surface area contributed by atoms with E-state index in [1.807, 2.05) is 42.5 Å². The molecule has 0 fully saturated rings. The standard InChI is InChI=1S/C14H11NO3/c16-9-15-13(14(17)18)8-11-6-3-5-10-4-1-2-7-12(10)11/h1-7,13H,8H2,(H,17,18)/t13-/m0/s1. The van der Waals surface area contributed by atoms with E-state index in [1.165, 1.54) is 6.08 Å². The Morgan fingerprint density at radius 1 is 1.22 bits per heavy atom. The zero-order valence-corrected chi connectivity index (χ0v) is 9.54. The predicted molar refractivity (Wildman–Crippen MR) is 67.2 cm³/mol. The minimum Gasteiger partial charge on any atom is -0.480 e. The Morgan fingerprint density at radius 3 is 2.67 bits per heavy atom. The van der Waals surface area contributed by atoms with Gasteiger partial charge in [0.2, 0.25) is 6.08 Å². The Kier molecular flexibility index (Phi) is 3.51. The molecule has 18 heavy (non-hydrogen) atoms. The van der Waals surface area contributed by atoms with E-state index in [0.717, 1.165) is 16.3 Å². The highest BCUT2D eigenvalue weighted by molar-refractivity contribution is 5.86. The first kappa shape index (κ1) is 12.0. The molecule has 90 valence electrons. The number of fused-ring (bicyclic) bond motifs is 1. The predicted octanol–water partition coefficient (Wildman–Crippen LogP) is 2.17. The summed E-state index contributed by atoms with van der Waals surface area (Å²) in [6.07, 6.45) is 1.50. The molecular weight excluding hydrogens is 230 g/mol. The molecule has 0 saturated carbocycles. The molecule has 0 heterocycles. The fourth-order valence-corrected chi connectivity index (χ4v) is 1.93. The summed E-state index contributed by atoms with van der Waals surface area (Å²) in [5.41, 5.74) is 0.861. The molecule has 2 aromatic carbocycles. The van der Waals surface area contributed by atoms with Crippen molar-refractivity contribution in [1.29, 1.82) is 0 Å². The number of aliphatic carboxylic acids is 1. The summed E-state index contributed by atoms with van der Waals surface area (Å²) in [5, 5.41) is 11.0. The summed E-state index contributed by atoms with van der Waals surface area (Å²) in [7, 11) is 0. The van der Waals surface area contributed by atoms with Gasteiger partial charge in [-0.3, -0.25) is 0 Å². The minimum atomic E-state index is -1.12. The lowest BCUT2D eigenvalue weighted by Gasteiger charge is -2.08. The zero-order valence-electron chi connectivity index (χ0n) is 9.54. The number of carbonyl (C=O) groups is 1. The third-order valence-electron chi connectivity index (χ3n) is 2.79. The molecule has 0 amide bonds. The number of hydrogen-bond acceptors (Lipinski definition) is 3. The van der Waals surface area contributed by atoms with Gasteiger partial charge in [-0.15, -0.1) is 0 Å². The fourth-order valence-electron chi connectivity index (χ4n) is 1.93. The van der Waals surface area contributed by atoms with Crippen molar-refractivity contribution in [1.82, 2.24) is 0 Å². The van der Waals surface area contributed by atoms with Crippen LogP contribution in [0.2, 0.25) is 0 Å². The van der Waals surface area contributed by atoms with Crippen LogP contribution in [0.25, 0.3) is 10.8 Å². The van der Waals surface area contributed by atoms with Crippen molar-refractivity contribution in [3.63, 3.8) is 0 Å². The van der Waals surface area contributed by atoms with Crippen LogP contribution in [0, 0.1) is 0 Å². The van der Waals surface area contributed by atoms with Crippen molar-refractivity contribution in [2.24, 2.45) is 4.99 Å². The van der Waals surface area contributed by atoms with Gasteiger partial charge in [-0.2, -0.15) is 4.99 Å². The van der Waals surface area contributed by atoms with Crippen LogP contribution in [-0.2, 0) is 16.0 Å². The highest BCUT2D eigenvalue weighted by Gasteiger charge is 2.17. The van der Waals surface area contributed by atoms with E-state index in [2.05, 4.69) is 4.99 Å². The number of hydrogen-bond donors (Lipinski definition) is 1. The van der Waals surface area contributed by atoms with Gasteiger partial charge in [0.15, 0.2) is 6.04 Å². The van der Waals surface area contributed by atoms with Gasteiger partial charge in [0.25, 0.3) is 0 Å². The number of carboxylic acids is 1. The molecule has 0 unspecified atom stereocenters. The van der Waals surface area contributed by atoms with Gasteiger partial charge in [0, 0.05) is 6.42 Å². The second-order valence-corrected chi connectivity index (χ2v) is 3.92. The van der Waals surface area contributed by atoms with Crippen molar-refractivity contribution in [3.05, 3.63) is 48.0 Å². The van der Waals surface area contributed by atoms with Crippen molar-refractivity contribution in [2.75, 3.05) is 0 Å². The van der Waals surface area contributed by atoms with Crippen molar-refractivity contribution >= 4 is 22.8 Å².